The summed E-state index contributed by atoms with van der Waals surface area (Å²) in [6, 6.07) is 4.42. The van der Waals surface area contributed by atoms with E-state index in [1.54, 1.807) is 7.11 Å². The molecule has 2 rings (SSSR count). The van der Waals surface area contributed by atoms with E-state index in [-0.39, 0.29) is 5.54 Å². The number of nitrogens with two attached hydrogens (primary N) is 1. The lowest BCUT2D eigenvalue weighted by atomic mass is 9.93. The second-order valence-corrected chi connectivity index (χ2v) is 5.41. The van der Waals surface area contributed by atoms with Crippen LogP contribution in [0.4, 0.5) is 0 Å². The van der Waals surface area contributed by atoms with Crippen LogP contribution < -0.4 is 10.5 Å². The van der Waals surface area contributed by atoms with Gasteiger partial charge in [-0.3, -0.25) is 0 Å². The zero-order valence-corrected chi connectivity index (χ0v) is 10.5. The fourth-order valence-electron chi connectivity index (χ4n) is 2.57. The van der Waals surface area contributed by atoms with Gasteiger partial charge in [-0.25, -0.2) is 0 Å². The molecule has 1 aliphatic rings. The molecule has 2 heteroatoms. The summed E-state index contributed by atoms with van der Waals surface area (Å²) < 4.78 is 5.58. The van der Waals surface area contributed by atoms with Crippen molar-refractivity contribution >= 4 is 0 Å². The Kier molecular flexibility index (Phi) is 2.94. The van der Waals surface area contributed by atoms with Gasteiger partial charge in [-0.15, -0.1) is 0 Å². The van der Waals surface area contributed by atoms with E-state index in [1.165, 1.54) is 29.5 Å². The Hall–Kier alpha value is -1.02. The van der Waals surface area contributed by atoms with Gasteiger partial charge in [-0.2, -0.15) is 0 Å². The van der Waals surface area contributed by atoms with Crippen LogP contribution in [0, 0.1) is 0 Å². The summed E-state index contributed by atoms with van der Waals surface area (Å²) in [5.74, 6) is 1.08. The summed E-state index contributed by atoms with van der Waals surface area (Å²) >= 11 is 0. The Bertz CT molecular complexity index is 390. The minimum Gasteiger partial charge on any atom is -0.496 e. The predicted octanol–water partition coefficient (Wildman–Crippen LogP) is 2.46. The number of hydrogen-bond donors (Lipinski definition) is 1. The summed E-state index contributed by atoms with van der Waals surface area (Å²) in [4.78, 5) is 0. The number of aryl methyl sites for hydroxylation is 1. The van der Waals surface area contributed by atoms with Gasteiger partial charge in [0.1, 0.15) is 5.75 Å². The monoisotopic (exact) mass is 219 g/mol. The third-order valence-electron chi connectivity index (χ3n) is 3.16. The molecule has 0 unspecified atom stereocenters. The molecular weight excluding hydrogens is 198 g/mol. The van der Waals surface area contributed by atoms with E-state index in [1.807, 2.05) is 0 Å². The Balaban J connectivity index is 2.39. The normalized spacial score (nSPS) is 15.0. The lowest BCUT2D eigenvalue weighted by molar-refractivity contribution is 0.398. The van der Waals surface area contributed by atoms with Gasteiger partial charge >= 0.3 is 0 Å². The molecule has 1 aliphatic carbocycles. The second kappa shape index (κ2) is 4.10. The number of rotatable bonds is 3. The van der Waals surface area contributed by atoms with Gasteiger partial charge in [0.25, 0.3) is 0 Å². The second-order valence-electron chi connectivity index (χ2n) is 5.41. The van der Waals surface area contributed by atoms with E-state index in [2.05, 4.69) is 26.0 Å². The summed E-state index contributed by atoms with van der Waals surface area (Å²) in [6.45, 7) is 4.11. The number of benzene rings is 1. The average molecular weight is 219 g/mol. The molecule has 0 atom stereocenters. The predicted molar refractivity (Wildman–Crippen MR) is 67.0 cm³/mol. The summed E-state index contributed by atoms with van der Waals surface area (Å²) in [6.07, 6.45) is 4.46. The van der Waals surface area contributed by atoms with Gasteiger partial charge in [0.05, 0.1) is 7.11 Å². The number of hydrogen-bond acceptors (Lipinski definition) is 2. The van der Waals surface area contributed by atoms with Crippen LogP contribution in [-0.2, 0) is 19.3 Å². The summed E-state index contributed by atoms with van der Waals surface area (Å²) in [7, 11) is 1.76. The van der Waals surface area contributed by atoms with Gasteiger partial charge < -0.3 is 10.5 Å². The fraction of sp³-hybridized carbons (Fsp3) is 0.571. The van der Waals surface area contributed by atoms with Crippen molar-refractivity contribution in [2.45, 2.75) is 45.1 Å². The highest BCUT2D eigenvalue weighted by Gasteiger charge is 2.21. The first-order valence-electron chi connectivity index (χ1n) is 5.98. The zero-order chi connectivity index (χ0) is 11.8. The highest BCUT2D eigenvalue weighted by atomic mass is 16.5. The first-order valence-corrected chi connectivity index (χ1v) is 5.98. The van der Waals surface area contributed by atoms with Crippen molar-refractivity contribution in [2.75, 3.05) is 7.11 Å². The lowest BCUT2D eigenvalue weighted by Crippen LogP contribution is -2.34. The van der Waals surface area contributed by atoms with Gasteiger partial charge in [-0.1, -0.05) is 12.1 Å². The van der Waals surface area contributed by atoms with Crippen LogP contribution in [0.5, 0.6) is 5.75 Å². The molecule has 0 aliphatic heterocycles. The van der Waals surface area contributed by atoms with Crippen LogP contribution >= 0.6 is 0 Å². The molecule has 2 nitrogen and oxygen atoms in total. The van der Waals surface area contributed by atoms with Crippen LogP contribution in [0.25, 0.3) is 0 Å². The molecule has 0 spiro atoms. The van der Waals surface area contributed by atoms with Crippen molar-refractivity contribution in [1.82, 2.24) is 0 Å². The molecule has 1 aromatic carbocycles. The van der Waals surface area contributed by atoms with E-state index in [9.17, 15) is 0 Å². The van der Waals surface area contributed by atoms with Gasteiger partial charge in [0.15, 0.2) is 0 Å². The van der Waals surface area contributed by atoms with Crippen molar-refractivity contribution in [2.24, 2.45) is 5.73 Å². The van der Waals surface area contributed by atoms with Crippen molar-refractivity contribution in [3.63, 3.8) is 0 Å². The van der Waals surface area contributed by atoms with Crippen LogP contribution in [0.1, 0.15) is 37.0 Å². The minimum absolute atomic E-state index is 0.180. The molecule has 0 amide bonds. The molecule has 0 heterocycles. The molecule has 0 bridgehead atoms. The Morgan fingerprint density at radius 3 is 2.69 bits per heavy atom. The van der Waals surface area contributed by atoms with Gasteiger partial charge in [0, 0.05) is 5.54 Å². The number of fused-ring (bicyclic) bond motifs is 1. The average Bonchev–Trinajstić information content (AvgIpc) is 2.62. The molecule has 0 aromatic heterocycles. The first kappa shape index (κ1) is 11.5. The highest BCUT2D eigenvalue weighted by Crippen LogP contribution is 2.34. The van der Waals surface area contributed by atoms with E-state index in [4.69, 9.17) is 10.5 Å². The van der Waals surface area contributed by atoms with Crippen molar-refractivity contribution < 1.29 is 4.74 Å². The third kappa shape index (κ3) is 2.22. The van der Waals surface area contributed by atoms with E-state index >= 15 is 0 Å². The maximum atomic E-state index is 6.08. The lowest BCUT2D eigenvalue weighted by Gasteiger charge is -2.21. The Morgan fingerprint density at radius 2 is 2.06 bits per heavy atom. The van der Waals surface area contributed by atoms with Crippen LogP contribution in [0.2, 0.25) is 0 Å². The molecule has 16 heavy (non-hydrogen) atoms. The molecule has 0 fully saturated rings. The quantitative estimate of drug-likeness (QED) is 0.847. The van der Waals surface area contributed by atoms with Crippen molar-refractivity contribution in [3.8, 4) is 5.75 Å². The fourth-order valence-corrected chi connectivity index (χ4v) is 2.57. The first-order chi connectivity index (χ1) is 7.51. The maximum Gasteiger partial charge on any atom is 0.125 e. The number of methoxy groups -OCH3 is 1. The van der Waals surface area contributed by atoms with Crippen molar-refractivity contribution in [1.29, 1.82) is 0 Å². The Morgan fingerprint density at radius 1 is 1.31 bits per heavy atom. The molecule has 0 radical (unpaired) electrons. The number of ether oxygens (including phenoxy) is 1. The molecule has 1 aromatic rings. The molecule has 0 saturated carbocycles. The topological polar surface area (TPSA) is 35.2 Å². The van der Waals surface area contributed by atoms with E-state index in [0.717, 1.165) is 18.6 Å². The summed E-state index contributed by atoms with van der Waals surface area (Å²) in [5.41, 5.74) is 10.0. The standard InChI is InChI=1S/C14H21NO/c1-14(2,15)9-11-8-7-10-5-4-6-12(10)13(11)16-3/h7-8H,4-6,9,15H2,1-3H3. The van der Waals surface area contributed by atoms with Crippen molar-refractivity contribution in [3.05, 3.63) is 28.8 Å². The van der Waals surface area contributed by atoms with Crippen LogP contribution in [0.15, 0.2) is 12.1 Å². The van der Waals surface area contributed by atoms with Gasteiger partial charge in [0.2, 0.25) is 0 Å². The minimum atomic E-state index is -0.180. The highest BCUT2D eigenvalue weighted by molar-refractivity contribution is 5.49. The zero-order valence-electron chi connectivity index (χ0n) is 10.5. The third-order valence-corrected chi connectivity index (χ3v) is 3.16. The smallest absolute Gasteiger partial charge is 0.125 e. The Labute approximate surface area is 97.8 Å². The van der Waals surface area contributed by atoms with Crippen LogP contribution in [0.3, 0.4) is 0 Å². The van der Waals surface area contributed by atoms with E-state index < -0.39 is 0 Å². The molecule has 0 saturated heterocycles. The summed E-state index contributed by atoms with van der Waals surface area (Å²) in [5, 5.41) is 0. The molecular formula is C14H21NO. The SMILES string of the molecule is COc1c(CC(C)(C)N)ccc2c1CCC2. The van der Waals surface area contributed by atoms with Gasteiger partial charge in [-0.05, 0) is 56.2 Å². The maximum absolute atomic E-state index is 6.08. The molecule has 88 valence electrons. The largest absolute Gasteiger partial charge is 0.496 e. The van der Waals surface area contributed by atoms with Crippen LogP contribution in [-0.4, -0.2) is 12.6 Å². The molecule has 2 N–H and O–H groups in total. The van der Waals surface area contributed by atoms with E-state index in [0.29, 0.717) is 0 Å².